The monoisotopic (exact) mass is 234 g/mol. The van der Waals surface area contributed by atoms with Crippen LogP contribution in [0.5, 0.6) is 0 Å². The molecule has 1 aliphatic rings. The number of aromatic nitrogens is 1. The zero-order valence-electron chi connectivity index (χ0n) is 9.82. The summed E-state index contributed by atoms with van der Waals surface area (Å²) >= 11 is 0. The van der Waals surface area contributed by atoms with Crippen molar-refractivity contribution in [2.24, 2.45) is 0 Å². The van der Waals surface area contributed by atoms with Crippen LogP contribution in [0.15, 0.2) is 22.7 Å². The standard InChI is InChI=1S/C13H15FN2O/c1-16-6-4-9(5-7-16)13-11-8-10(14)2-3-12(11)17-15-13/h2-3,8-9H,4-7H2,1H3. The zero-order valence-corrected chi connectivity index (χ0v) is 9.82. The lowest BCUT2D eigenvalue weighted by molar-refractivity contribution is 0.250. The number of likely N-dealkylation sites (tertiary alicyclic amines) is 1. The summed E-state index contributed by atoms with van der Waals surface area (Å²) < 4.78 is 18.5. The molecule has 1 aliphatic heterocycles. The molecule has 0 N–H and O–H groups in total. The van der Waals surface area contributed by atoms with Crippen molar-refractivity contribution in [3.8, 4) is 0 Å². The third kappa shape index (κ3) is 1.93. The van der Waals surface area contributed by atoms with E-state index in [0.29, 0.717) is 11.5 Å². The summed E-state index contributed by atoms with van der Waals surface area (Å²) in [6.07, 6.45) is 2.13. The minimum absolute atomic E-state index is 0.227. The van der Waals surface area contributed by atoms with Gasteiger partial charge in [-0.1, -0.05) is 5.16 Å². The number of nitrogens with zero attached hydrogens (tertiary/aromatic N) is 2. The highest BCUT2D eigenvalue weighted by molar-refractivity contribution is 5.79. The summed E-state index contributed by atoms with van der Waals surface area (Å²) in [5.41, 5.74) is 1.60. The van der Waals surface area contributed by atoms with Gasteiger partial charge in [-0.05, 0) is 51.2 Å². The van der Waals surface area contributed by atoms with Gasteiger partial charge in [0.1, 0.15) is 5.82 Å². The molecule has 2 aromatic rings. The van der Waals surface area contributed by atoms with Crippen molar-refractivity contribution in [1.29, 1.82) is 0 Å². The van der Waals surface area contributed by atoms with E-state index in [1.807, 2.05) is 0 Å². The second kappa shape index (κ2) is 4.11. The van der Waals surface area contributed by atoms with Crippen LogP contribution in [0.3, 0.4) is 0 Å². The number of piperidine rings is 1. The Balaban J connectivity index is 1.97. The Bertz CT molecular complexity index is 529. The van der Waals surface area contributed by atoms with Crippen LogP contribution in [-0.2, 0) is 0 Å². The Morgan fingerprint density at radius 3 is 2.88 bits per heavy atom. The van der Waals surface area contributed by atoms with E-state index in [4.69, 9.17) is 4.52 Å². The molecule has 3 rings (SSSR count). The first kappa shape index (κ1) is 10.7. The van der Waals surface area contributed by atoms with Crippen molar-refractivity contribution >= 4 is 11.0 Å². The highest BCUT2D eigenvalue weighted by atomic mass is 19.1. The summed E-state index contributed by atoms with van der Waals surface area (Å²) in [6, 6.07) is 4.58. The van der Waals surface area contributed by atoms with E-state index >= 15 is 0 Å². The van der Waals surface area contributed by atoms with Crippen LogP contribution < -0.4 is 0 Å². The third-order valence-corrected chi connectivity index (χ3v) is 3.57. The third-order valence-electron chi connectivity index (χ3n) is 3.57. The molecule has 1 saturated heterocycles. The van der Waals surface area contributed by atoms with Crippen LogP contribution in [0, 0.1) is 5.82 Å². The molecule has 1 aromatic heterocycles. The van der Waals surface area contributed by atoms with Gasteiger partial charge in [0.2, 0.25) is 0 Å². The molecule has 0 aliphatic carbocycles. The van der Waals surface area contributed by atoms with Gasteiger partial charge in [-0.15, -0.1) is 0 Å². The number of hydrogen-bond donors (Lipinski definition) is 0. The quantitative estimate of drug-likeness (QED) is 0.759. The molecule has 1 aromatic carbocycles. The molecular formula is C13H15FN2O. The lowest BCUT2D eigenvalue weighted by Gasteiger charge is -2.27. The average molecular weight is 234 g/mol. The average Bonchev–Trinajstić information content (AvgIpc) is 2.73. The van der Waals surface area contributed by atoms with Crippen LogP contribution in [0.2, 0.25) is 0 Å². The first-order chi connectivity index (χ1) is 8.24. The van der Waals surface area contributed by atoms with Crippen LogP contribution >= 0.6 is 0 Å². The number of halogens is 1. The van der Waals surface area contributed by atoms with Crippen molar-refractivity contribution in [1.82, 2.24) is 10.1 Å². The molecule has 0 saturated carbocycles. The van der Waals surface area contributed by atoms with Gasteiger partial charge in [-0.25, -0.2) is 4.39 Å². The van der Waals surface area contributed by atoms with Gasteiger partial charge in [-0.2, -0.15) is 0 Å². The fourth-order valence-electron chi connectivity index (χ4n) is 2.51. The smallest absolute Gasteiger partial charge is 0.167 e. The van der Waals surface area contributed by atoms with Crippen LogP contribution in [0.1, 0.15) is 24.5 Å². The zero-order chi connectivity index (χ0) is 11.8. The Hall–Kier alpha value is -1.42. The molecule has 0 bridgehead atoms. The molecule has 0 unspecified atom stereocenters. The second-order valence-electron chi connectivity index (χ2n) is 4.79. The Labute approximate surface area is 99.2 Å². The van der Waals surface area contributed by atoms with Crippen molar-refractivity contribution < 1.29 is 8.91 Å². The maximum absolute atomic E-state index is 13.2. The Kier molecular flexibility index (Phi) is 2.59. The topological polar surface area (TPSA) is 29.3 Å². The van der Waals surface area contributed by atoms with Gasteiger partial charge >= 0.3 is 0 Å². The van der Waals surface area contributed by atoms with Crippen LogP contribution in [0.25, 0.3) is 11.0 Å². The predicted molar refractivity (Wildman–Crippen MR) is 63.4 cm³/mol. The molecule has 0 radical (unpaired) electrons. The molecule has 0 spiro atoms. The SMILES string of the molecule is CN1CCC(c2noc3ccc(F)cc23)CC1. The fourth-order valence-corrected chi connectivity index (χ4v) is 2.51. The summed E-state index contributed by atoms with van der Waals surface area (Å²) in [7, 11) is 2.12. The van der Waals surface area contributed by atoms with E-state index in [-0.39, 0.29) is 5.82 Å². The summed E-state index contributed by atoms with van der Waals surface area (Å²) in [5.74, 6) is 0.170. The maximum Gasteiger partial charge on any atom is 0.167 e. The molecule has 1 fully saturated rings. The first-order valence-electron chi connectivity index (χ1n) is 5.97. The molecule has 4 heteroatoms. The molecule has 3 nitrogen and oxygen atoms in total. The first-order valence-corrected chi connectivity index (χ1v) is 5.97. The van der Waals surface area contributed by atoms with Gasteiger partial charge in [0, 0.05) is 11.3 Å². The Morgan fingerprint density at radius 1 is 1.35 bits per heavy atom. The van der Waals surface area contributed by atoms with Gasteiger partial charge in [-0.3, -0.25) is 0 Å². The van der Waals surface area contributed by atoms with E-state index in [2.05, 4.69) is 17.1 Å². The van der Waals surface area contributed by atoms with E-state index in [0.717, 1.165) is 37.0 Å². The van der Waals surface area contributed by atoms with Crippen molar-refractivity contribution in [2.45, 2.75) is 18.8 Å². The maximum atomic E-state index is 13.2. The molecule has 2 heterocycles. The molecule has 17 heavy (non-hydrogen) atoms. The molecule has 90 valence electrons. The highest BCUT2D eigenvalue weighted by Crippen LogP contribution is 2.32. The van der Waals surface area contributed by atoms with Gasteiger partial charge < -0.3 is 9.42 Å². The predicted octanol–water partition coefficient (Wildman–Crippen LogP) is 2.78. The van der Waals surface area contributed by atoms with Crippen LogP contribution in [-0.4, -0.2) is 30.2 Å². The van der Waals surface area contributed by atoms with E-state index in [1.54, 1.807) is 6.07 Å². The summed E-state index contributed by atoms with van der Waals surface area (Å²) in [4.78, 5) is 2.30. The minimum atomic E-state index is -0.227. The minimum Gasteiger partial charge on any atom is -0.356 e. The Morgan fingerprint density at radius 2 is 2.12 bits per heavy atom. The number of benzene rings is 1. The summed E-state index contributed by atoms with van der Waals surface area (Å²) in [5, 5.41) is 4.96. The molecular weight excluding hydrogens is 219 g/mol. The normalized spacial score (nSPS) is 18.9. The van der Waals surface area contributed by atoms with Crippen molar-refractivity contribution in [3.63, 3.8) is 0 Å². The van der Waals surface area contributed by atoms with E-state index < -0.39 is 0 Å². The van der Waals surface area contributed by atoms with Gasteiger partial charge in [0.05, 0.1) is 5.69 Å². The molecule has 0 atom stereocenters. The lowest BCUT2D eigenvalue weighted by Crippen LogP contribution is -2.29. The van der Waals surface area contributed by atoms with Gasteiger partial charge in [0.15, 0.2) is 5.58 Å². The van der Waals surface area contributed by atoms with Crippen molar-refractivity contribution in [3.05, 3.63) is 29.7 Å². The largest absolute Gasteiger partial charge is 0.356 e. The highest BCUT2D eigenvalue weighted by Gasteiger charge is 2.23. The second-order valence-corrected chi connectivity index (χ2v) is 4.79. The molecule has 0 amide bonds. The number of rotatable bonds is 1. The lowest BCUT2D eigenvalue weighted by atomic mass is 9.92. The fraction of sp³-hybridized carbons (Fsp3) is 0.462. The number of hydrogen-bond acceptors (Lipinski definition) is 3. The van der Waals surface area contributed by atoms with Gasteiger partial charge in [0.25, 0.3) is 0 Å². The van der Waals surface area contributed by atoms with Crippen LogP contribution in [0.4, 0.5) is 4.39 Å². The van der Waals surface area contributed by atoms with E-state index in [1.165, 1.54) is 12.1 Å². The number of fused-ring (bicyclic) bond motifs is 1. The van der Waals surface area contributed by atoms with E-state index in [9.17, 15) is 4.39 Å². The summed E-state index contributed by atoms with van der Waals surface area (Å²) in [6.45, 7) is 2.13. The van der Waals surface area contributed by atoms with Crippen molar-refractivity contribution in [2.75, 3.05) is 20.1 Å².